The zero-order valence-electron chi connectivity index (χ0n) is 9.57. The minimum atomic E-state index is 0.0784. The third kappa shape index (κ3) is 1.48. The zero-order valence-corrected chi connectivity index (χ0v) is 9.57. The second-order valence-electron chi connectivity index (χ2n) is 4.87. The lowest BCUT2D eigenvalue weighted by Crippen LogP contribution is -2.37. The van der Waals surface area contributed by atoms with Gasteiger partial charge in [-0.15, -0.1) is 0 Å². The van der Waals surface area contributed by atoms with Crippen LogP contribution >= 0.6 is 0 Å². The molecule has 0 radical (unpaired) electrons. The SMILES string of the molecule is CC1=C2[C@@H](CCCN3C(=O)CC[C@@H]23)OOC1. The molecule has 0 N–H and O–H groups in total. The van der Waals surface area contributed by atoms with Crippen LogP contribution in [0.25, 0.3) is 0 Å². The Hall–Kier alpha value is -0.870. The molecule has 16 heavy (non-hydrogen) atoms. The van der Waals surface area contributed by atoms with Crippen LogP contribution < -0.4 is 0 Å². The molecule has 0 spiro atoms. The van der Waals surface area contributed by atoms with E-state index in [0.717, 1.165) is 25.8 Å². The van der Waals surface area contributed by atoms with E-state index in [0.29, 0.717) is 18.9 Å². The summed E-state index contributed by atoms with van der Waals surface area (Å²) in [6, 6.07) is 0.281. The van der Waals surface area contributed by atoms with Crippen molar-refractivity contribution in [3.63, 3.8) is 0 Å². The predicted molar refractivity (Wildman–Crippen MR) is 57.5 cm³/mol. The van der Waals surface area contributed by atoms with Crippen LogP contribution in [0.4, 0.5) is 0 Å². The van der Waals surface area contributed by atoms with Crippen molar-refractivity contribution >= 4 is 5.91 Å². The van der Waals surface area contributed by atoms with Crippen molar-refractivity contribution in [3.8, 4) is 0 Å². The highest BCUT2D eigenvalue weighted by atomic mass is 17.2. The Kier molecular flexibility index (Phi) is 2.48. The summed E-state index contributed by atoms with van der Waals surface area (Å²) < 4.78 is 0. The van der Waals surface area contributed by atoms with Crippen LogP contribution in [0, 0.1) is 0 Å². The van der Waals surface area contributed by atoms with Gasteiger partial charge in [0.1, 0.15) is 12.7 Å². The van der Waals surface area contributed by atoms with Gasteiger partial charge in [-0.1, -0.05) is 0 Å². The fourth-order valence-electron chi connectivity index (χ4n) is 3.10. The maximum absolute atomic E-state index is 11.8. The quantitative estimate of drug-likeness (QED) is 0.460. The van der Waals surface area contributed by atoms with E-state index < -0.39 is 0 Å². The molecule has 2 saturated heterocycles. The maximum atomic E-state index is 11.8. The number of rotatable bonds is 0. The highest BCUT2D eigenvalue weighted by Crippen LogP contribution is 2.36. The third-order valence-corrected chi connectivity index (χ3v) is 3.85. The van der Waals surface area contributed by atoms with E-state index >= 15 is 0 Å². The molecule has 88 valence electrons. The van der Waals surface area contributed by atoms with Crippen LogP contribution in [0.1, 0.15) is 32.6 Å². The van der Waals surface area contributed by atoms with E-state index in [2.05, 4.69) is 6.92 Å². The molecule has 0 saturated carbocycles. The molecule has 3 aliphatic rings. The van der Waals surface area contributed by atoms with E-state index in [4.69, 9.17) is 9.78 Å². The number of fused-ring (bicyclic) bond motifs is 3. The molecule has 4 nitrogen and oxygen atoms in total. The number of carbonyl (C=O) groups excluding carboxylic acids is 1. The van der Waals surface area contributed by atoms with Crippen molar-refractivity contribution < 1.29 is 14.6 Å². The fraction of sp³-hybridized carbons (Fsp3) is 0.750. The molecular weight excluding hydrogens is 206 g/mol. The predicted octanol–water partition coefficient (Wildman–Crippen LogP) is 1.42. The van der Waals surface area contributed by atoms with Crippen molar-refractivity contribution in [3.05, 3.63) is 11.1 Å². The van der Waals surface area contributed by atoms with Crippen molar-refractivity contribution in [2.45, 2.75) is 44.8 Å². The van der Waals surface area contributed by atoms with E-state index in [9.17, 15) is 4.79 Å². The van der Waals surface area contributed by atoms with Gasteiger partial charge in [0.25, 0.3) is 0 Å². The molecule has 4 heteroatoms. The summed E-state index contributed by atoms with van der Waals surface area (Å²) in [5.74, 6) is 0.303. The third-order valence-electron chi connectivity index (χ3n) is 3.85. The molecule has 2 fully saturated rings. The van der Waals surface area contributed by atoms with Crippen molar-refractivity contribution in [1.82, 2.24) is 4.90 Å². The lowest BCUT2D eigenvalue weighted by molar-refractivity contribution is -0.319. The molecule has 0 aliphatic carbocycles. The van der Waals surface area contributed by atoms with Crippen LogP contribution in [0.5, 0.6) is 0 Å². The molecule has 3 aliphatic heterocycles. The smallest absolute Gasteiger partial charge is 0.223 e. The van der Waals surface area contributed by atoms with Gasteiger partial charge in [-0.25, -0.2) is 9.78 Å². The van der Waals surface area contributed by atoms with Gasteiger partial charge in [-0.3, -0.25) is 4.79 Å². The van der Waals surface area contributed by atoms with E-state index in [1.165, 1.54) is 11.1 Å². The lowest BCUT2D eigenvalue weighted by atomic mass is 9.93. The molecule has 0 aromatic carbocycles. The molecule has 0 aromatic heterocycles. The largest absolute Gasteiger partial charge is 0.336 e. The Morgan fingerprint density at radius 3 is 3.12 bits per heavy atom. The van der Waals surface area contributed by atoms with E-state index in [1.54, 1.807) is 0 Å². The maximum Gasteiger partial charge on any atom is 0.223 e. The molecule has 3 rings (SSSR count). The first kappa shape index (κ1) is 10.3. The number of hydrogen-bond acceptors (Lipinski definition) is 3. The molecule has 3 heterocycles. The van der Waals surface area contributed by atoms with Crippen LogP contribution in [-0.4, -0.2) is 36.1 Å². The Labute approximate surface area is 95.1 Å². The molecule has 0 unspecified atom stereocenters. The van der Waals surface area contributed by atoms with Gasteiger partial charge in [0, 0.05) is 13.0 Å². The molecule has 2 atom stereocenters. The number of amides is 1. The number of carbonyl (C=O) groups is 1. The topological polar surface area (TPSA) is 38.8 Å². The van der Waals surface area contributed by atoms with Gasteiger partial charge in [0.05, 0.1) is 6.04 Å². The Balaban J connectivity index is 1.98. The normalized spacial score (nSPS) is 34.8. The highest BCUT2D eigenvalue weighted by Gasteiger charge is 2.40. The summed E-state index contributed by atoms with van der Waals surface area (Å²) in [7, 11) is 0. The minimum absolute atomic E-state index is 0.0784. The highest BCUT2D eigenvalue weighted by molar-refractivity contribution is 5.79. The van der Waals surface area contributed by atoms with E-state index in [1.807, 2.05) is 4.90 Å². The van der Waals surface area contributed by atoms with Gasteiger partial charge in [0.2, 0.25) is 5.91 Å². The summed E-state index contributed by atoms with van der Waals surface area (Å²) in [4.78, 5) is 24.3. The van der Waals surface area contributed by atoms with Crippen molar-refractivity contribution in [1.29, 1.82) is 0 Å². The van der Waals surface area contributed by atoms with Crippen LogP contribution in [-0.2, 0) is 14.6 Å². The number of nitrogens with zero attached hydrogens (tertiary/aromatic N) is 1. The lowest BCUT2D eigenvalue weighted by Gasteiger charge is -2.31. The second kappa shape index (κ2) is 3.86. The number of hydrogen-bond donors (Lipinski definition) is 0. The Morgan fingerprint density at radius 2 is 2.25 bits per heavy atom. The first-order chi connectivity index (χ1) is 7.77. The summed E-state index contributed by atoms with van der Waals surface area (Å²) in [6.45, 7) is 3.52. The second-order valence-corrected chi connectivity index (χ2v) is 4.87. The summed E-state index contributed by atoms with van der Waals surface area (Å²) >= 11 is 0. The van der Waals surface area contributed by atoms with Crippen molar-refractivity contribution in [2.24, 2.45) is 0 Å². The first-order valence-electron chi connectivity index (χ1n) is 6.04. The van der Waals surface area contributed by atoms with E-state index in [-0.39, 0.29) is 12.1 Å². The minimum Gasteiger partial charge on any atom is -0.336 e. The molecule has 1 amide bonds. The standard InChI is InChI=1S/C12H17NO3/c1-8-7-15-16-10-3-2-6-13-9(12(8)10)4-5-11(13)14/h9-10H,2-7H2,1H3/t9-,10+/m0/s1. The summed E-state index contributed by atoms with van der Waals surface area (Å²) in [6.07, 6.45) is 3.69. The summed E-state index contributed by atoms with van der Waals surface area (Å²) in [5, 5.41) is 0. The summed E-state index contributed by atoms with van der Waals surface area (Å²) in [5.41, 5.74) is 2.57. The monoisotopic (exact) mass is 223 g/mol. The Morgan fingerprint density at radius 1 is 1.38 bits per heavy atom. The molecular formula is C12H17NO3. The molecule has 0 bridgehead atoms. The van der Waals surface area contributed by atoms with Crippen molar-refractivity contribution in [2.75, 3.05) is 13.2 Å². The van der Waals surface area contributed by atoms with Gasteiger partial charge >= 0.3 is 0 Å². The Bertz CT molecular complexity index is 350. The zero-order chi connectivity index (χ0) is 11.1. The van der Waals surface area contributed by atoms with Gasteiger partial charge in [0.15, 0.2) is 0 Å². The van der Waals surface area contributed by atoms with Crippen LogP contribution in [0.2, 0.25) is 0 Å². The average molecular weight is 223 g/mol. The van der Waals surface area contributed by atoms with Crippen LogP contribution in [0.3, 0.4) is 0 Å². The van der Waals surface area contributed by atoms with Gasteiger partial charge in [-0.05, 0) is 37.3 Å². The van der Waals surface area contributed by atoms with Crippen LogP contribution in [0.15, 0.2) is 11.1 Å². The molecule has 0 aromatic rings. The average Bonchev–Trinajstić information content (AvgIpc) is 2.53. The van der Waals surface area contributed by atoms with Gasteiger partial charge < -0.3 is 4.90 Å². The first-order valence-corrected chi connectivity index (χ1v) is 6.04. The fourth-order valence-corrected chi connectivity index (χ4v) is 3.10. The van der Waals surface area contributed by atoms with Gasteiger partial charge in [-0.2, -0.15) is 0 Å².